The van der Waals surface area contributed by atoms with E-state index in [-0.39, 0.29) is 18.5 Å². The summed E-state index contributed by atoms with van der Waals surface area (Å²) in [5, 5.41) is 0.885. The monoisotopic (exact) mass is 711 g/mol. The fourth-order valence-corrected chi connectivity index (χ4v) is 8.32. The Morgan fingerprint density at radius 3 is 2.56 bits per heavy atom. The number of hydrogen-bond acceptors (Lipinski definition) is 16. The molecular weight excluding hydrogens is 675 g/mol. The van der Waals surface area contributed by atoms with Crippen molar-refractivity contribution in [1.82, 2.24) is 34.7 Å². The number of hydrogen-bond donors (Lipinski definition) is 1. The van der Waals surface area contributed by atoms with E-state index in [0.29, 0.717) is 56.5 Å². The molecule has 0 bridgehead atoms. The lowest BCUT2D eigenvalue weighted by atomic mass is 10.2. The summed E-state index contributed by atoms with van der Waals surface area (Å²) < 4.78 is 17.1. The maximum Gasteiger partial charge on any atom is 0.509 e. The molecule has 48 heavy (non-hydrogen) atoms. The van der Waals surface area contributed by atoms with Crippen LogP contribution < -0.4 is 10.6 Å². The summed E-state index contributed by atoms with van der Waals surface area (Å²) in [7, 11) is 3.03. The highest BCUT2D eigenvalue weighted by Gasteiger charge is 2.29. The van der Waals surface area contributed by atoms with Crippen LogP contribution in [0.2, 0.25) is 0 Å². The van der Waals surface area contributed by atoms with Crippen LogP contribution in [0.3, 0.4) is 0 Å². The van der Waals surface area contributed by atoms with Crippen molar-refractivity contribution < 1.29 is 23.8 Å². The number of piperazine rings is 1. The van der Waals surface area contributed by atoms with Gasteiger partial charge in [-0.15, -0.1) is 11.3 Å². The van der Waals surface area contributed by atoms with Crippen molar-refractivity contribution in [1.29, 1.82) is 0 Å². The van der Waals surface area contributed by atoms with E-state index in [1.54, 1.807) is 41.8 Å². The van der Waals surface area contributed by atoms with E-state index >= 15 is 0 Å². The highest BCUT2D eigenvalue weighted by atomic mass is 33.1. The summed E-state index contributed by atoms with van der Waals surface area (Å²) in [6, 6.07) is 5.69. The van der Waals surface area contributed by atoms with Gasteiger partial charge < -0.3 is 29.7 Å². The van der Waals surface area contributed by atoms with Crippen molar-refractivity contribution in [2.75, 3.05) is 75.5 Å². The lowest BCUT2D eigenvalue weighted by Gasteiger charge is -2.35. The van der Waals surface area contributed by atoms with Gasteiger partial charge in [-0.25, -0.2) is 29.7 Å². The van der Waals surface area contributed by atoms with Crippen molar-refractivity contribution in [2.45, 2.75) is 31.5 Å². The van der Waals surface area contributed by atoms with Crippen LogP contribution in [0.15, 0.2) is 41.8 Å². The molecule has 14 nitrogen and oxygen atoms in total. The first-order valence-corrected chi connectivity index (χ1v) is 18.7. The molecule has 0 aliphatic carbocycles. The van der Waals surface area contributed by atoms with E-state index in [2.05, 4.69) is 31.7 Å². The Bertz CT molecular complexity index is 1700. The zero-order valence-electron chi connectivity index (χ0n) is 26.7. The highest BCUT2D eigenvalue weighted by Crippen LogP contribution is 2.38. The fourth-order valence-electron chi connectivity index (χ4n) is 5.31. The molecule has 1 amide bonds. The molecule has 4 aromatic heterocycles. The number of nitrogens with zero attached hydrogens (tertiary/aromatic N) is 8. The lowest BCUT2D eigenvalue weighted by molar-refractivity contribution is -0.142. The molecule has 2 aliphatic rings. The number of fused-ring (bicyclic) bond motifs is 1. The summed E-state index contributed by atoms with van der Waals surface area (Å²) in [4.78, 5) is 55.2. The molecule has 0 radical (unpaired) electrons. The van der Waals surface area contributed by atoms with Crippen molar-refractivity contribution in [3.05, 3.63) is 47.2 Å². The lowest BCUT2D eigenvalue weighted by Crippen LogP contribution is -2.51. The van der Waals surface area contributed by atoms with Gasteiger partial charge in [0.15, 0.2) is 17.7 Å². The largest absolute Gasteiger partial charge is 0.509 e. The Morgan fingerprint density at radius 1 is 1.06 bits per heavy atom. The van der Waals surface area contributed by atoms with Gasteiger partial charge >= 0.3 is 6.16 Å². The van der Waals surface area contributed by atoms with Gasteiger partial charge in [-0.2, -0.15) is 0 Å². The van der Waals surface area contributed by atoms with E-state index in [1.165, 1.54) is 26.5 Å². The average Bonchev–Trinajstić information content (AvgIpc) is 3.43. The Labute approximate surface area is 290 Å². The number of rotatable bonds is 11. The molecular formula is C31H37N9O5S3. The van der Waals surface area contributed by atoms with E-state index in [4.69, 9.17) is 29.9 Å². The number of pyridine rings is 1. The molecule has 4 aromatic rings. The number of nitrogens with two attached hydrogens (primary N) is 1. The minimum atomic E-state index is -0.928. The van der Waals surface area contributed by atoms with Gasteiger partial charge in [0.1, 0.15) is 11.6 Å². The van der Waals surface area contributed by atoms with Gasteiger partial charge in [-0.1, -0.05) is 16.9 Å². The number of morpholine rings is 1. The number of ether oxygens (including phenoxy) is 3. The molecule has 0 saturated carbocycles. The summed E-state index contributed by atoms with van der Waals surface area (Å²) in [5.41, 5.74) is 8.44. The highest BCUT2D eigenvalue weighted by molar-refractivity contribution is 8.76. The van der Waals surface area contributed by atoms with Crippen LogP contribution in [0.4, 0.5) is 16.6 Å². The number of anilines is 2. The normalized spacial score (nSPS) is 16.2. The zero-order chi connectivity index (χ0) is 33.5. The van der Waals surface area contributed by atoms with Crippen LogP contribution in [-0.2, 0) is 25.5 Å². The molecule has 2 aliphatic heterocycles. The van der Waals surface area contributed by atoms with Crippen LogP contribution in [0.1, 0.15) is 17.4 Å². The van der Waals surface area contributed by atoms with Crippen LogP contribution in [0.5, 0.6) is 0 Å². The number of aryl methyl sites for hydroxylation is 1. The van der Waals surface area contributed by atoms with Gasteiger partial charge in [0.25, 0.3) is 5.91 Å². The molecule has 254 valence electrons. The standard InChI is InChI=1S/C31H37N9O5S3/c1-20-23(47-26-25(20)36-27(22-17-34-30(32)35-18-22)37-28(26)39-11-13-43-14-12-39)19-38-7-9-40(10-8-38)29(41)21(2)45-31(42)44-15-16-46-48-24-5-3-4-6-33-24/h3-6,17-18,21H,7-16,19H2,1-2H3,(H2,32,34,35). The average molecular weight is 712 g/mol. The zero-order valence-corrected chi connectivity index (χ0v) is 29.2. The van der Waals surface area contributed by atoms with Crippen molar-refractivity contribution >= 4 is 67.0 Å². The maximum atomic E-state index is 13.1. The van der Waals surface area contributed by atoms with Crippen molar-refractivity contribution in [2.24, 2.45) is 0 Å². The number of aromatic nitrogens is 5. The quantitative estimate of drug-likeness (QED) is 0.135. The molecule has 1 atom stereocenters. The molecule has 6 rings (SSSR count). The third-order valence-electron chi connectivity index (χ3n) is 7.93. The molecule has 0 aromatic carbocycles. The minimum Gasteiger partial charge on any atom is -0.433 e. The first kappa shape index (κ1) is 34.1. The molecule has 1 unspecified atom stereocenters. The van der Waals surface area contributed by atoms with Crippen LogP contribution >= 0.6 is 32.9 Å². The van der Waals surface area contributed by atoms with E-state index in [9.17, 15) is 9.59 Å². The smallest absolute Gasteiger partial charge is 0.433 e. The fraction of sp³-hybridized carbons (Fsp3) is 0.452. The predicted octanol–water partition coefficient (Wildman–Crippen LogP) is 3.90. The summed E-state index contributed by atoms with van der Waals surface area (Å²) in [6.45, 7) is 9.82. The van der Waals surface area contributed by atoms with Crippen LogP contribution in [-0.4, -0.2) is 118 Å². The topological polar surface area (TPSA) is 162 Å². The van der Waals surface area contributed by atoms with Gasteiger partial charge in [0, 0.05) is 75.0 Å². The SMILES string of the molecule is Cc1c(CN2CCN(C(=O)C(C)OC(=O)OCCSSc3ccccn3)CC2)sc2c(N3CCOCC3)nc(-c3cnc(N)nc3)nc12. The third-order valence-corrected chi connectivity index (χ3v) is 11.4. The van der Waals surface area contributed by atoms with Gasteiger partial charge in [0.05, 0.1) is 29.0 Å². The first-order chi connectivity index (χ1) is 23.4. The molecule has 0 spiro atoms. The summed E-state index contributed by atoms with van der Waals surface area (Å²) in [5.74, 6) is 1.99. The predicted molar refractivity (Wildman–Crippen MR) is 187 cm³/mol. The summed E-state index contributed by atoms with van der Waals surface area (Å²) in [6.07, 6.45) is 3.26. The van der Waals surface area contributed by atoms with Gasteiger partial charge in [-0.05, 0) is 42.3 Å². The first-order valence-electron chi connectivity index (χ1n) is 15.6. The Morgan fingerprint density at radius 2 is 1.83 bits per heavy atom. The molecule has 6 heterocycles. The molecule has 2 fully saturated rings. The van der Waals surface area contributed by atoms with Crippen molar-refractivity contribution in [3.63, 3.8) is 0 Å². The number of nitrogen functional groups attached to an aromatic ring is 1. The molecule has 2 saturated heterocycles. The second-order valence-electron chi connectivity index (χ2n) is 11.2. The maximum absolute atomic E-state index is 13.1. The van der Waals surface area contributed by atoms with Crippen LogP contribution in [0, 0.1) is 6.92 Å². The van der Waals surface area contributed by atoms with E-state index in [1.807, 2.05) is 18.2 Å². The molecule has 17 heteroatoms. The molecule has 2 N–H and O–H groups in total. The van der Waals surface area contributed by atoms with E-state index < -0.39 is 12.3 Å². The van der Waals surface area contributed by atoms with Crippen LogP contribution in [0.25, 0.3) is 21.6 Å². The van der Waals surface area contributed by atoms with Gasteiger partial charge in [0.2, 0.25) is 5.95 Å². The summed E-state index contributed by atoms with van der Waals surface area (Å²) >= 11 is 1.71. The minimum absolute atomic E-state index is 0.177. The second-order valence-corrected chi connectivity index (χ2v) is 14.7. The number of carbonyl (C=O) groups is 2. The second kappa shape index (κ2) is 16.1. The number of amides is 1. The van der Waals surface area contributed by atoms with Crippen molar-refractivity contribution in [3.8, 4) is 11.4 Å². The van der Waals surface area contributed by atoms with Gasteiger partial charge in [-0.3, -0.25) is 9.69 Å². The Kier molecular flexibility index (Phi) is 11.4. The van der Waals surface area contributed by atoms with E-state index in [0.717, 1.165) is 46.3 Å². The Hall–Kier alpha value is -3.77. The Balaban J connectivity index is 1.03. The number of carbonyl (C=O) groups excluding carboxylic acids is 2. The number of thiophene rings is 1. The third kappa shape index (κ3) is 8.44.